The molecule has 0 aliphatic carbocycles. The normalized spacial score (nSPS) is 17.3. The molecule has 0 unspecified atom stereocenters. The van der Waals surface area contributed by atoms with Crippen LogP contribution in [0.15, 0.2) is 22.7 Å². The van der Waals surface area contributed by atoms with Crippen LogP contribution in [0.4, 0.5) is 4.39 Å². The third-order valence-electron chi connectivity index (χ3n) is 3.92. The Morgan fingerprint density at radius 1 is 1.38 bits per heavy atom. The molecule has 0 bridgehead atoms. The molecule has 1 aliphatic heterocycles. The van der Waals surface area contributed by atoms with Gasteiger partial charge in [0.2, 0.25) is 5.89 Å². The first-order valence-electron chi connectivity index (χ1n) is 7.09. The summed E-state index contributed by atoms with van der Waals surface area (Å²) in [4.78, 5) is 6.51. The molecule has 0 atom stereocenters. The van der Waals surface area contributed by atoms with Crippen LogP contribution in [0.25, 0.3) is 0 Å². The second-order valence-electron chi connectivity index (χ2n) is 5.43. The van der Waals surface area contributed by atoms with E-state index in [2.05, 4.69) is 15.0 Å². The van der Waals surface area contributed by atoms with E-state index in [1.807, 2.05) is 6.92 Å². The van der Waals surface area contributed by atoms with Crippen molar-refractivity contribution in [3.63, 3.8) is 0 Å². The molecule has 1 saturated heterocycles. The average molecular weight is 310 g/mol. The summed E-state index contributed by atoms with van der Waals surface area (Å²) in [7, 11) is 0. The SMILES string of the molecule is Cc1noc(C2CCN(Cc3c(F)cccc3Cl)CC2)n1. The summed E-state index contributed by atoms with van der Waals surface area (Å²) in [6, 6.07) is 4.81. The first-order valence-corrected chi connectivity index (χ1v) is 7.46. The summed E-state index contributed by atoms with van der Waals surface area (Å²) in [5.41, 5.74) is 0.575. The molecule has 6 heteroatoms. The molecule has 21 heavy (non-hydrogen) atoms. The van der Waals surface area contributed by atoms with Gasteiger partial charge in [0.25, 0.3) is 0 Å². The molecular weight excluding hydrogens is 293 g/mol. The molecular formula is C15H17ClFN3O. The lowest BCUT2D eigenvalue weighted by Gasteiger charge is -2.30. The summed E-state index contributed by atoms with van der Waals surface area (Å²) in [5, 5.41) is 4.33. The van der Waals surface area contributed by atoms with Crippen LogP contribution in [0.2, 0.25) is 5.02 Å². The summed E-state index contributed by atoms with van der Waals surface area (Å²) in [6.45, 7) is 4.11. The second kappa shape index (κ2) is 6.12. The molecule has 0 spiro atoms. The highest BCUT2D eigenvalue weighted by Crippen LogP contribution is 2.29. The van der Waals surface area contributed by atoms with Crippen molar-refractivity contribution in [2.24, 2.45) is 0 Å². The fraction of sp³-hybridized carbons (Fsp3) is 0.467. The van der Waals surface area contributed by atoms with E-state index < -0.39 is 0 Å². The number of piperidine rings is 1. The lowest BCUT2D eigenvalue weighted by atomic mass is 9.96. The maximum absolute atomic E-state index is 13.8. The largest absolute Gasteiger partial charge is 0.339 e. The Labute approximate surface area is 127 Å². The van der Waals surface area contributed by atoms with Gasteiger partial charge in [0, 0.05) is 23.0 Å². The topological polar surface area (TPSA) is 42.2 Å². The van der Waals surface area contributed by atoms with Crippen molar-refractivity contribution in [1.82, 2.24) is 15.0 Å². The summed E-state index contributed by atoms with van der Waals surface area (Å²) < 4.78 is 19.0. The van der Waals surface area contributed by atoms with Gasteiger partial charge in [-0.05, 0) is 45.0 Å². The van der Waals surface area contributed by atoms with Gasteiger partial charge < -0.3 is 4.52 Å². The van der Waals surface area contributed by atoms with E-state index in [-0.39, 0.29) is 5.82 Å². The maximum Gasteiger partial charge on any atom is 0.229 e. The minimum absolute atomic E-state index is 0.239. The van der Waals surface area contributed by atoms with Gasteiger partial charge in [-0.3, -0.25) is 4.90 Å². The van der Waals surface area contributed by atoms with E-state index in [0.717, 1.165) is 31.8 Å². The third-order valence-corrected chi connectivity index (χ3v) is 4.28. The Kier molecular flexibility index (Phi) is 4.22. The summed E-state index contributed by atoms with van der Waals surface area (Å²) in [6.07, 6.45) is 1.88. The van der Waals surface area contributed by atoms with Crippen LogP contribution in [0.5, 0.6) is 0 Å². The van der Waals surface area contributed by atoms with Crippen LogP contribution >= 0.6 is 11.6 Å². The van der Waals surface area contributed by atoms with E-state index >= 15 is 0 Å². The van der Waals surface area contributed by atoms with Crippen molar-refractivity contribution >= 4 is 11.6 Å². The number of nitrogens with zero attached hydrogens (tertiary/aromatic N) is 3. The van der Waals surface area contributed by atoms with Gasteiger partial charge in [-0.1, -0.05) is 22.8 Å². The van der Waals surface area contributed by atoms with Gasteiger partial charge in [-0.2, -0.15) is 4.98 Å². The predicted octanol–water partition coefficient (Wildman–Crippen LogP) is 3.55. The molecule has 3 rings (SSSR count). The number of hydrogen-bond donors (Lipinski definition) is 0. The first kappa shape index (κ1) is 14.5. The Balaban J connectivity index is 1.61. The number of rotatable bonds is 3. The van der Waals surface area contributed by atoms with Crippen molar-refractivity contribution in [3.05, 3.63) is 46.3 Å². The van der Waals surface area contributed by atoms with E-state index in [4.69, 9.17) is 16.1 Å². The van der Waals surface area contributed by atoms with Gasteiger partial charge >= 0.3 is 0 Å². The van der Waals surface area contributed by atoms with Crippen molar-refractivity contribution in [1.29, 1.82) is 0 Å². The molecule has 0 saturated carbocycles. The van der Waals surface area contributed by atoms with Gasteiger partial charge in [0.1, 0.15) is 5.82 Å². The van der Waals surface area contributed by atoms with E-state index in [1.54, 1.807) is 12.1 Å². The lowest BCUT2D eigenvalue weighted by molar-refractivity contribution is 0.186. The highest BCUT2D eigenvalue weighted by molar-refractivity contribution is 6.31. The van der Waals surface area contributed by atoms with Crippen LogP contribution in [-0.2, 0) is 6.54 Å². The molecule has 4 nitrogen and oxygen atoms in total. The fourth-order valence-electron chi connectivity index (χ4n) is 2.72. The number of halogens is 2. The van der Waals surface area contributed by atoms with Crippen molar-refractivity contribution in [2.45, 2.75) is 32.2 Å². The monoisotopic (exact) mass is 309 g/mol. The maximum atomic E-state index is 13.8. The van der Waals surface area contributed by atoms with E-state index in [9.17, 15) is 4.39 Å². The van der Waals surface area contributed by atoms with E-state index in [0.29, 0.717) is 28.9 Å². The number of aryl methyl sites for hydroxylation is 1. The molecule has 0 radical (unpaired) electrons. The molecule has 112 valence electrons. The van der Waals surface area contributed by atoms with Crippen molar-refractivity contribution in [3.8, 4) is 0 Å². The minimum atomic E-state index is -0.239. The Bertz CT molecular complexity index is 603. The second-order valence-corrected chi connectivity index (χ2v) is 5.84. The average Bonchev–Trinajstić information content (AvgIpc) is 2.90. The zero-order chi connectivity index (χ0) is 14.8. The van der Waals surface area contributed by atoms with Gasteiger partial charge in [-0.15, -0.1) is 0 Å². The molecule has 1 fully saturated rings. The molecule has 0 N–H and O–H groups in total. The quantitative estimate of drug-likeness (QED) is 0.869. The minimum Gasteiger partial charge on any atom is -0.339 e. The lowest BCUT2D eigenvalue weighted by Crippen LogP contribution is -2.33. The predicted molar refractivity (Wildman–Crippen MR) is 77.7 cm³/mol. The zero-order valence-corrected chi connectivity index (χ0v) is 12.6. The molecule has 1 aliphatic rings. The summed E-state index contributed by atoms with van der Waals surface area (Å²) in [5.74, 6) is 1.46. The van der Waals surface area contributed by atoms with Gasteiger partial charge in [0.15, 0.2) is 5.82 Å². The van der Waals surface area contributed by atoms with Crippen LogP contribution in [0, 0.1) is 12.7 Å². The molecule has 2 aromatic rings. The first-order chi connectivity index (χ1) is 10.1. The van der Waals surface area contributed by atoms with Crippen LogP contribution in [-0.4, -0.2) is 28.1 Å². The van der Waals surface area contributed by atoms with Crippen LogP contribution < -0.4 is 0 Å². The molecule has 2 heterocycles. The van der Waals surface area contributed by atoms with Crippen LogP contribution in [0.3, 0.4) is 0 Å². The smallest absolute Gasteiger partial charge is 0.229 e. The van der Waals surface area contributed by atoms with Gasteiger partial charge in [-0.25, -0.2) is 4.39 Å². The van der Waals surface area contributed by atoms with Gasteiger partial charge in [0.05, 0.1) is 0 Å². The van der Waals surface area contributed by atoms with Crippen molar-refractivity contribution in [2.75, 3.05) is 13.1 Å². The highest BCUT2D eigenvalue weighted by atomic mass is 35.5. The molecule has 1 aromatic heterocycles. The third kappa shape index (κ3) is 3.24. The summed E-state index contributed by atoms with van der Waals surface area (Å²) >= 11 is 6.08. The van der Waals surface area contributed by atoms with Crippen molar-refractivity contribution < 1.29 is 8.91 Å². The van der Waals surface area contributed by atoms with Crippen LogP contribution in [0.1, 0.15) is 36.0 Å². The highest BCUT2D eigenvalue weighted by Gasteiger charge is 2.25. The molecule has 0 amide bonds. The number of likely N-dealkylation sites (tertiary alicyclic amines) is 1. The van der Waals surface area contributed by atoms with E-state index in [1.165, 1.54) is 6.07 Å². The fourth-order valence-corrected chi connectivity index (χ4v) is 2.95. The molecule has 1 aromatic carbocycles. The Morgan fingerprint density at radius 2 is 2.14 bits per heavy atom. The number of benzene rings is 1. The zero-order valence-electron chi connectivity index (χ0n) is 11.9. The standard InChI is InChI=1S/C15H17ClFN3O/c1-10-18-15(21-19-10)11-5-7-20(8-6-11)9-12-13(16)3-2-4-14(12)17/h2-4,11H,5-9H2,1H3. The Morgan fingerprint density at radius 3 is 2.76 bits per heavy atom. The Hall–Kier alpha value is -1.46. The number of aromatic nitrogens is 2. The number of hydrogen-bond acceptors (Lipinski definition) is 4.